The number of nitrogens with two attached hydrogens (primary N) is 1. The predicted molar refractivity (Wildman–Crippen MR) is 67.4 cm³/mol. The molecule has 1 heterocycles. The van der Waals surface area contributed by atoms with Crippen molar-refractivity contribution in [2.75, 3.05) is 18.2 Å². The minimum Gasteiger partial charge on any atom is -0.497 e. The predicted octanol–water partition coefficient (Wildman–Crippen LogP) is 1.32. The molecule has 1 aromatic carbocycles. The average Bonchev–Trinajstić information content (AvgIpc) is 2.42. The van der Waals surface area contributed by atoms with Crippen molar-refractivity contribution in [3.63, 3.8) is 0 Å². The van der Waals surface area contributed by atoms with E-state index in [1.807, 2.05) is 0 Å². The van der Waals surface area contributed by atoms with Crippen LogP contribution in [0.3, 0.4) is 0 Å². The molecule has 0 spiro atoms. The average molecular weight is 244 g/mol. The molecule has 6 nitrogen and oxygen atoms in total. The molecule has 0 aliphatic rings. The van der Waals surface area contributed by atoms with Crippen molar-refractivity contribution in [3.8, 4) is 5.75 Å². The minimum atomic E-state index is -0.324. The van der Waals surface area contributed by atoms with E-state index in [0.717, 1.165) is 0 Å². The van der Waals surface area contributed by atoms with Crippen LogP contribution in [0.2, 0.25) is 0 Å². The SMILES string of the molecule is COc1ccc(N)c(NC(=O)c2cncnc2)c1. The van der Waals surface area contributed by atoms with E-state index in [1.54, 1.807) is 25.3 Å². The van der Waals surface area contributed by atoms with Gasteiger partial charge in [0.05, 0.1) is 24.0 Å². The van der Waals surface area contributed by atoms with Gasteiger partial charge in [-0.2, -0.15) is 0 Å². The normalized spacial score (nSPS) is 9.83. The number of nitrogens with zero attached hydrogens (tertiary/aromatic N) is 2. The van der Waals surface area contributed by atoms with Crippen molar-refractivity contribution in [3.05, 3.63) is 42.5 Å². The number of benzene rings is 1. The zero-order chi connectivity index (χ0) is 13.0. The van der Waals surface area contributed by atoms with Gasteiger partial charge in [-0.1, -0.05) is 0 Å². The van der Waals surface area contributed by atoms with Crippen LogP contribution in [0.1, 0.15) is 10.4 Å². The number of nitrogen functional groups attached to an aromatic ring is 1. The number of rotatable bonds is 3. The Morgan fingerprint density at radius 2 is 2.06 bits per heavy atom. The molecule has 1 amide bonds. The fourth-order valence-corrected chi connectivity index (χ4v) is 1.38. The molecule has 2 aromatic rings. The molecule has 0 aliphatic carbocycles. The Bertz CT molecular complexity index is 557. The van der Waals surface area contributed by atoms with Gasteiger partial charge < -0.3 is 15.8 Å². The van der Waals surface area contributed by atoms with Crippen LogP contribution < -0.4 is 15.8 Å². The summed E-state index contributed by atoms with van der Waals surface area (Å²) in [4.78, 5) is 19.4. The number of amides is 1. The third-order valence-corrected chi connectivity index (χ3v) is 2.33. The summed E-state index contributed by atoms with van der Waals surface area (Å²) in [5.41, 5.74) is 7.08. The lowest BCUT2D eigenvalue weighted by Gasteiger charge is -2.09. The third-order valence-electron chi connectivity index (χ3n) is 2.33. The van der Waals surface area contributed by atoms with Crippen molar-refractivity contribution in [1.29, 1.82) is 0 Å². The number of hydrogen-bond donors (Lipinski definition) is 2. The second-order valence-corrected chi connectivity index (χ2v) is 3.53. The standard InChI is InChI=1S/C12H12N4O2/c1-18-9-2-3-10(13)11(4-9)16-12(17)8-5-14-7-15-6-8/h2-7H,13H2,1H3,(H,16,17). The lowest BCUT2D eigenvalue weighted by molar-refractivity contribution is 0.102. The van der Waals surface area contributed by atoms with E-state index in [4.69, 9.17) is 10.5 Å². The second kappa shape index (κ2) is 5.13. The number of anilines is 2. The van der Waals surface area contributed by atoms with E-state index in [-0.39, 0.29) is 5.91 Å². The zero-order valence-electron chi connectivity index (χ0n) is 9.75. The smallest absolute Gasteiger partial charge is 0.258 e. The molecule has 0 radical (unpaired) electrons. The van der Waals surface area contributed by atoms with Gasteiger partial charge in [0.1, 0.15) is 12.1 Å². The van der Waals surface area contributed by atoms with E-state index in [2.05, 4.69) is 15.3 Å². The molecule has 0 unspecified atom stereocenters. The fraction of sp³-hybridized carbons (Fsp3) is 0.0833. The van der Waals surface area contributed by atoms with Crippen LogP contribution in [0.15, 0.2) is 36.9 Å². The van der Waals surface area contributed by atoms with E-state index >= 15 is 0 Å². The molecule has 0 atom stereocenters. The van der Waals surface area contributed by atoms with Gasteiger partial charge in [-0.05, 0) is 12.1 Å². The van der Waals surface area contributed by atoms with Crippen LogP contribution in [0.4, 0.5) is 11.4 Å². The summed E-state index contributed by atoms with van der Waals surface area (Å²) in [7, 11) is 1.54. The number of hydrogen-bond acceptors (Lipinski definition) is 5. The van der Waals surface area contributed by atoms with Crippen LogP contribution in [0.25, 0.3) is 0 Å². The second-order valence-electron chi connectivity index (χ2n) is 3.53. The van der Waals surface area contributed by atoms with E-state index in [9.17, 15) is 4.79 Å². The molecule has 0 aliphatic heterocycles. The quantitative estimate of drug-likeness (QED) is 0.795. The highest BCUT2D eigenvalue weighted by molar-refractivity contribution is 6.05. The molecular formula is C12H12N4O2. The first kappa shape index (κ1) is 11.8. The van der Waals surface area contributed by atoms with E-state index < -0.39 is 0 Å². The Balaban J connectivity index is 2.21. The molecule has 1 aromatic heterocycles. The summed E-state index contributed by atoms with van der Waals surface area (Å²) in [6.07, 6.45) is 4.22. The molecular weight excluding hydrogens is 232 g/mol. The van der Waals surface area contributed by atoms with Gasteiger partial charge in [-0.15, -0.1) is 0 Å². The van der Waals surface area contributed by atoms with Crippen LogP contribution >= 0.6 is 0 Å². The third kappa shape index (κ3) is 2.54. The summed E-state index contributed by atoms with van der Waals surface area (Å²) in [5, 5.41) is 2.68. The van der Waals surface area contributed by atoms with Gasteiger partial charge in [-0.25, -0.2) is 9.97 Å². The van der Waals surface area contributed by atoms with Crippen LogP contribution in [-0.4, -0.2) is 23.0 Å². The molecule has 6 heteroatoms. The molecule has 2 rings (SSSR count). The summed E-state index contributed by atoms with van der Waals surface area (Å²) in [6.45, 7) is 0. The van der Waals surface area contributed by atoms with Gasteiger partial charge in [-0.3, -0.25) is 4.79 Å². The molecule has 0 bridgehead atoms. The largest absolute Gasteiger partial charge is 0.497 e. The van der Waals surface area contributed by atoms with Crippen molar-refractivity contribution >= 4 is 17.3 Å². The van der Waals surface area contributed by atoms with Crippen molar-refractivity contribution in [1.82, 2.24) is 9.97 Å². The number of nitrogens with one attached hydrogen (secondary N) is 1. The van der Waals surface area contributed by atoms with Gasteiger partial charge >= 0.3 is 0 Å². The Hall–Kier alpha value is -2.63. The van der Waals surface area contributed by atoms with Gasteiger partial charge in [0.2, 0.25) is 0 Å². The monoisotopic (exact) mass is 244 g/mol. The molecule has 0 saturated heterocycles. The highest BCUT2D eigenvalue weighted by Crippen LogP contribution is 2.24. The van der Waals surface area contributed by atoms with Gasteiger partial charge in [0.15, 0.2) is 0 Å². The van der Waals surface area contributed by atoms with Crippen LogP contribution in [0.5, 0.6) is 5.75 Å². The van der Waals surface area contributed by atoms with Crippen molar-refractivity contribution < 1.29 is 9.53 Å². The van der Waals surface area contributed by atoms with E-state index in [0.29, 0.717) is 22.7 Å². The minimum absolute atomic E-state index is 0.324. The summed E-state index contributed by atoms with van der Waals surface area (Å²) < 4.78 is 5.07. The van der Waals surface area contributed by atoms with Crippen LogP contribution in [-0.2, 0) is 0 Å². The maximum Gasteiger partial charge on any atom is 0.258 e. The van der Waals surface area contributed by atoms with Crippen LogP contribution in [0, 0.1) is 0 Å². The summed E-state index contributed by atoms with van der Waals surface area (Å²) >= 11 is 0. The highest BCUT2D eigenvalue weighted by atomic mass is 16.5. The number of carbonyl (C=O) groups excluding carboxylic acids is 1. The lowest BCUT2D eigenvalue weighted by atomic mass is 10.2. The topological polar surface area (TPSA) is 90.1 Å². The Kier molecular flexibility index (Phi) is 3.38. The number of aromatic nitrogens is 2. The Labute approximate surface area is 104 Å². The Morgan fingerprint density at radius 1 is 1.33 bits per heavy atom. The first-order chi connectivity index (χ1) is 8.70. The lowest BCUT2D eigenvalue weighted by Crippen LogP contribution is -2.13. The maximum atomic E-state index is 11.9. The van der Waals surface area contributed by atoms with Crippen molar-refractivity contribution in [2.24, 2.45) is 0 Å². The maximum absolute atomic E-state index is 11.9. The van der Waals surface area contributed by atoms with E-state index in [1.165, 1.54) is 18.7 Å². The van der Waals surface area contributed by atoms with Gasteiger partial charge in [0, 0.05) is 18.5 Å². The fourth-order valence-electron chi connectivity index (χ4n) is 1.38. The number of carbonyl (C=O) groups is 1. The molecule has 0 fully saturated rings. The number of methoxy groups -OCH3 is 1. The molecule has 3 N–H and O–H groups in total. The molecule has 92 valence electrons. The Morgan fingerprint density at radius 3 is 2.72 bits per heavy atom. The molecule has 18 heavy (non-hydrogen) atoms. The summed E-state index contributed by atoms with van der Waals surface area (Å²) in [5.74, 6) is 0.291. The summed E-state index contributed by atoms with van der Waals surface area (Å²) in [6, 6.07) is 5.03. The zero-order valence-corrected chi connectivity index (χ0v) is 9.75. The number of ether oxygens (including phenoxy) is 1. The molecule has 0 saturated carbocycles. The highest BCUT2D eigenvalue weighted by Gasteiger charge is 2.09. The van der Waals surface area contributed by atoms with Gasteiger partial charge in [0.25, 0.3) is 5.91 Å². The first-order valence-electron chi connectivity index (χ1n) is 5.20. The first-order valence-corrected chi connectivity index (χ1v) is 5.20. The van der Waals surface area contributed by atoms with Crippen molar-refractivity contribution in [2.45, 2.75) is 0 Å².